The van der Waals surface area contributed by atoms with Gasteiger partial charge in [0.25, 0.3) is 0 Å². The molecule has 0 aliphatic carbocycles. The Hall–Kier alpha value is -4.83. The van der Waals surface area contributed by atoms with E-state index in [-0.39, 0.29) is 11.8 Å². The molecule has 2 N–H and O–H groups in total. The van der Waals surface area contributed by atoms with Gasteiger partial charge in [0, 0.05) is 30.1 Å². The van der Waals surface area contributed by atoms with Gasteiger partial charge in [-0.3, -0.25) is 0 Å². The van der Waals surface area contributed by atoms with Crippen molar-refractivity contribution in [2.45, 2.75) is 27.7 Å². The maximum atomic E-state index is 12.9. The summed E-state index contributed by atoms with van der Waals surface area (Å²) in [5.41, 5.74) is 4.38. The van der Waals surface area contributed by atoms with Crippen LogP contribution in [0.15, 0.2) is 66.9 Å². The fraction of sp³-hybridized carbons (Fsp3) is 0.303. The molecule has 0 saturated heterocycles. The first-order chi connectivity index (χ1) is 20.8. The van der Waals surface area contributed by atoms with Crippen LogP contribution in [0.3, 0.4) is 0 Å². The van der Waals surface area contributed by atoms with Crippen LogP contribution in [-0.2, 0) is 0 Å². The molecule has 0 aliphatic rings. The molecule has 4 aromatic rings. The maximum absolute atomic E-state index is 12.9. The van der Waals surface area contributed by atoms with Crippen LogP contribution in [0.5, 0.6) is 17.2 Å². The molecule has 226 valence electrons. The summed E-state index contributed by atoms with van der Waals surface area (Å²) < 4.78 is 16.8. The van der Waals surface area contributed by atoms with E-state index in [0.717, 1.165) is 52.7 Å². The standard InChI is InChI=1S/C33H39N5O5/c1-7-37(8-2)18-19-43-25-14-12-24(13-15-25)35-32-34-21-27(30-22(3)10-9-11-23(30)4)31(36-32)38(33(39)40)28-17-16-26(41-5)20-29(28)42-6/h9-17,20-21H,7-8,18-19H2,1-6H3,(H,39,40)(H,34,35,36). The molecule has 10 nitrogen and oxygen atoms in total. The van der Waals surface area contributed by atoms with Gasteiger partial charge in [-0.15, -0.1) is 0 Å². The van der Waals surface area contributed by atoms with E-state index in [0.29, 0.717) is 29.4 Å². The van der Waals surface area contributed by atoms with Crippen LogP contribution in [0.4, 0.5) is 27.9 Å². The van der Waals surface area contributed by atoms with Crippen molar-refractivity contribution in [3.63, 3.8) is 0 Å². The molecule has 1 heterocycles. The van der Waals surface area contributed by atoms with Crippen molar-refractivity contribution in [1.82, 2.24) is 14.9 Å². The number of benzene rings is 3. The van der Waals surface area contributed by atoms with E-state index in [9.17, 15) is 9.90 Å². The van der Waals surface area contributed by atoms with Crippen molar-refractivity contribution < 1.29 is 24.1 Å². The highest BCUT2D eigenvalue weighted by atomic mass is 16.5. The van der Waals surface area contributed by atoms with Crippen molar-refractivity contribution in [3.8, 4) is 28.4 Å². The number of ether oxygens (including phenoxy) is 3. The number of hydrogen-bond acceptors (Lipinski definition) is 8. The van der Waals surface area contributed by atoms with Gasteiger partial charge in [-0.25, -0.2) is 14.7 Å². The average Bonchev–Trinajstić information content (AvgIpc) is 3.01. The number of methoxy groups -OCH3 is 2. The number of carboxylic acid groups (broad SMARTS) is 1. The second-order valence-electron chi connectivity index (χ2n) is 9.88. The summed E-state index contributed by atoms with van der Waals surface area (Å²) in [6.45, 7) is 11.6. The lowest BCUT2D eigenvalue weighted by atomic mass is 9.97. The van der Waals surface area contributed by atoms with Gasteiger partial charge in [0.1, 0.15) is 23.9 Å². The first-order valence-electron chi connectivity index (χ1n) is 14.2. The lowest BCUT2D eigenvalue weighted by molar-refractivity contribution is 0.204. The quantitative estimate of drug-likeness (QED) is 0.170. The lowest BCUT2D eigenvalue weighted by Crippen LogP contribution is -2.27. The van der Waals surface area contributed by atoms with Gasteiger partial charge in [-0.05, 0) is 80.0 Å². The molecule has 0 radical (unpaired) electrons. The molecule has 10 heteroatoms. The lowest BCUT2D eigenvalue weighted by Gasteiger charge is -2.25. The Balaban J connectivity index is 1.72. The van der Waals surface area contributed by atoms with Crippen molar-refractivity contribution in [3.05, 3.63) is 78.0 Å². The van der Waals surface area contributed by atoms with Gasteiger partial charge in [-0.1, -0.05) is 32.0 Å². The second-order valence-corrected chi connectivity index (χ2v) is 9.88. The molecular formula is C33H39N5O5. The highest BCUT2D eigenvalue weighted by Gasteiger charge is 2.28. The molecular weight excluding hydrogens is 546 g/mol. The number of aromatic nitrogens is 2. The second kappa shape index (κ2) is 14.4. The fourth-order valence-electron chi connectivity index (χ4n) is 4.89. The summed E-state index contributed by atoms with van der Waals surface area (Å²) in [5.74, 6) is 2.03. The van der Waals surface area contributed by atoms with E-state index >= 15 is 0 Å². The zero-order valence-corrected chi connectivity index (χ0v) is 25.5. The van der Waals surface area contributed by atoms with E-state index in [1.807, 2.05) is 56.3 Å². The molecule has 1 amide bonds. The predicted molar refractivity (Wildman–Crippen MR) is 170 cm³/mol. The number of rotatable bonds is 13. The van der Waals surface area contributed by atoms with Gasteiger partial charge in [-0.2, -0.15) is 4.98 Å². The molecule has 0 fully saturated rings. The van der Waals surface area contributed by atoms with E-state index in [4.69, 9.17) is 19.2 Å². The first-order valence-corrected chi connectivity index (χ1v) is 14.2. The third kappa shape index (κ3) is 7.34. The van der Waals surface area contributed by atoms with Gasteiger partial charge >= 0.3 is 6.09 Å². The Labute approximate surface area is 252 Å². The number of nitrogens with one attached hydrogen (secondary N) is 1. The molecule has 43 heavy (non-hydrogen) atoms. The maximum Gasteiger partial charge on any atom is 0.417 e. The third-order valence-electron chi connectivity index (χ3n) is 7.23. The summed E-state index contributed by atoms with van der Waals surface area (Å²) in [7, 11) is 3.02. The molecule has 4 rings (SSSR count). The van der Waals surface area contributed by atoms with Gasteiger partial charge < -0.3 is 29.5 Å². The normalized spacial score (nSPS) is 10.9. The zero-order valence-electron chi connectivity index (χ0n) is 25.5. The van der Waals surface area contributed by atoms with Crippen LogP contribution in [0.25, 0.3) is 11.1 Å². The van der Waals surface area contributed by atoms with Crippen molar-refractivity contribution >= 4 is 29.2 Å². The summed E-state index contributed by atoms with van der Waals surface area (Å²) in [6, 6.07) is 18.4. The molecule has 0 atom stereocenters. The van der Waals surface area contributed by atoms with Gasteiger partial charge in [0.15, 0.2) is 5.82 Å². The molecule has 0 spiro atoms. The monoisotopic (exact) mass is 585 g/mol. The van der Waals surface area contributed by atoms with Crippen LogP contribution >= 0.6 is 0 Å². The Morgan fingerprint density at radius 1 is 0.930 bits per heavy atom. The third-order valence-corrected chi connectivity index (χ3v) is 7.23. The minimum atomic E-state index is -1.23. The number of likely N-dealkylation sites (N-methyl/N-ethyl adjacent to an activating group) is 1. The molecule has 0 unspecified atom stereocenters. The first kappa shape index (κ1) is 31.1. The van der Waals surface area contributed by atoms with Crippen molar-refractivity contribution in [2.75, 3.05) is 50.7 Å². The topological polar surface area (TPSA) is 109 Å². The predicted octanol–water partition coefficient (Wildman–Crippen LogP) is 7.06. The van der Waals surface area contributed by atoms with E-state index in [1.54, 1.807) is 24.4 Å². The largest absolute Gasteiger partial charge is 0.497 e. The van der Waals surface area contributed by atoms with Crippen LogP contribution in [0.2, 0.25) is 0 Å². The van der Waals surface area contributed by atoms with Crippen LogP contribution < -0.4 is 24.4 Å². The molecule has 0 bridgehead atoms. The number of amides is 1. The highest BCUT2D eigenvalue weighted by molar-refractivity contribution is 6.00. The summed E-state index contributed by atoms with van der Waals surface area (Å²) in [5, 5.41) is 13.7. The summed E-state index contributed by atoms with van der Waals surface area (Å²) >= 11 is 0. The van der Waals surface area contributed by atoms with Crippen LogP contribution in [-0.4, -0.2) is 66.5 Å². The summed E-state index contributed by atoms with van der Waals surface area (Å²) in [6.07, 6.45) is 0.420. The highest BCUT2D eigenvalue weighted by Crippen LogP contribution is 2.41. The molecule has 0 aliphatic heterocycles. The van der Waals surface area contributed by atoms with Gasteiger partial charge in [0.05, 0.1) is 19.9 Å². The van der Waals surface area contributed by atoms with Crippen molar-refractivity contribution in [2.24, 2.45) is 0 Å². The van der Waals surface area contributed by atoms with E-state index < -0.39 is 6.09 Å². The molecule has 3 aromatic carbocycles. The molecule has 1 aromatic heterocycles. The van der Waals surface area contributed by atoms with Crippen LogP contribution in [0.1, 0.15) is 25.0 Å². The fourth-order valence-corrected chi connectivity index (χ4v) is 4.89. The minimum Gasteiger partial charge on any atom is -0.497 e. The Kier molecular flexibility index (Phi) is 10.4. The Morgan fingerprint density at radius 2 is 1.60 bits per heavy atom. The van der Waals surface area contributed by atoms with Gasteiger partial charge in [0.2, 0.25) is 5.95 Å². The molecule has 0 saturated carbocycles. The smallest absolute Gasteiger partial charge is 0.417 e. The zero-order chi connectivity index (χ0) is 30.9. The number of nitrogens with zero attached hydrogens (tertiary/aromatic N) is 4. The Morgan fingerprint density at radius 3 is 2.21 bits per heavy atom. The summed E-state index contributed by atoms with van der Waals surface area (Å²) in [4.78, 5) is 25.6. The number of aryl methyl sites for hydroxylation is 2. The number of hydrogen-bond donors (Lipinski definition) is 2. The van der Waals surface area contributed by atoms with Crippen molar-refractivity contribution in [1.29, 1.82) is 0 Å². The minimum absolute atomic E-state index is 0.183. The van der Waals surface area contributed by atoms with E-state index in [1.165, 1.54) is 14.2 Å². The van der Waals surface area contributed by atoms with E-state index in [2.05, 4.69) is 29.0 Å². The number of anilines is 4. The van der Waals surface area contributed by atoms with Crippen LogP contribution in [0, 0.1) is 13.8 Å². The average molecular weight is 586 g/mol. The number of carbonyl (C=O) groups is 1. The SMILES string of the molecule is CCN(CC)CCOc1ccc(Nc2ncc(-c3c(C)cccc3C)c(N(C(=O)O)c3ccc(OC)cc3OC)n2)cc1. The Bertz CT molecular complexity index is 1520.